The average Bonchev–Trinajstić information content (AvgIpc) is 3.52. The van der Waals surface area contributed by atoms with Gasteiger partial charge in [-0.05, 0) is 67.0 Å². The van der Waals surface area contributed by atoms with E-state index in [0.29, 0.717) is 68.8 Å². The number of anilines is 1. The zero-order valence-electron chi connectivity index (χ0n) is 24.5. The first kappa shape index (κ1) is 32.2. The molecule has 3 aromatic rings. The van der Waals surface area contributed by atoms with Crippen LogP contribution in [0.3, 0.4) is 0 Å². The number of hydrogen-bond donors (Lipinski definition) is 1. The van der Waals surface area contributed by atoms with Crippen LogP contribution in [0.5, 0.6) is 0 Å². The lowest BCUT2D eigenvalue weighted by molar-refractivity contribution is -0.134. The number of allylic oxidation sites excluding steroid dienone is 1. The molecule has 2 saturated heterocycles. The highest BCUT2D eigenvalue weighted by molar-refractivity contribution is 7.11. The van der Waals surface area contributed by atoms with Crippen LogP contribution in [-0.2, 0) is 4.79 Å². The third-order valence-electron chi connectivity index (χ3n) is 7.99. The first-order chi connectivity index (χ1) is 21.0. The van der Waals surface area contributed by atoms with E-state index in [1.165, 1.54) is 16.3 Å². The SMILES string of the molecule is C=C(C(=O)N1CC(N2CCN(C(=O)c3nccs3)CC2)C1)/C(C)=C(/C(C)=C/c1ccc(Cl)cc1)N(N)c1ccc(Cl)cc1Cl. The maximum atomic E-state index is 13.6. The van der Waals surface area contributed by atoms with Gasteiger partial charge in [0.2, 0.25) is 0 Å². The van der Waals surface area contributed by atoms with Crippen molar-refractivity contribution in [3.63, 3.8) is 0 Å². The van der Waals surface area contributed by atoms with E-state index in [-0.39, 0.29) is 17.9 Å². The molecule has 5 rings (SSSR count). The number of nitrogens with two attached hydrogens (primary N) is 1. The number of benzene rings is 2. The topological polar surface area (TPSA) is 86.0 Å². The van der Waals surface area contributed by atoms with Crippen molar-refractivity contribution in [1.82, 2.24) is 19.7 Å². The minimum absolute atomic E-state index is 0.0197. The third kappa shape index (κ3) is 7.04. The van der Waals surface area contributed by atoms with Crippen LogP contribution in [0.15, 0.2) is 83.0 Å². The van der Waals surface area contributed by atoms with E-state index in [9.17, 15) is 9.59 Å². The van der Waals surface area contributed by atoms with Crippen LogP contribution in [0, 0.1) is 0 Å². The van der Waals surface area contributed by atoms with Crippen LogP contribution in [0.1, 0.15) is 29.2 Å². The number of nitrogens with zero attached hydrogens (tertiary/aromatic N) is 5. The Balaban J connectivity index is 1.30. The molecule has 12 heteroatoms. The van der Waals surface area contributed by atoms with Crippen LogP contribution < -0.4 is 10.9 Å². The summed E-state index contributed by atoms with van der Waals surface area (Å²) in [6.07, 6.45) is 3.62. The Bertz CT molecular complexity index is 1610. The zero-order chi connectivity index (χ0) is 31.5. The number of likely N-dealkylation sites (tertiary alicyclic amines) is 1. The van der Waals surface area contributed by atoms with Crippen molar-refractivity contribution in [1.29, 1.82) is 0 Å². The van der Waals surface area contributed by atoms with Gasteiger partial charge in [0.25, 0.3) is 11.8 Å². The van der Waals surface area contributed by atoms with E-state index in [0.717, 1.165) is 24.2 Å². The van der Waals surface area contributed by atoms with Crippen molar-refractivity contribution < 1.29 is 9.59 Å². The van der Waals surface area contributed by atoms with Gasteiger partial charge >= 0.3 is 0 Å². The number of hydrogen-bond acceptors (Lipinski definition) is 7. The summed E-state index contributed by atoms with van der Waals surface area (Å²) in [5.74, 6) is 6.53. The van der Waals surface area contributed by atoms with Crippen LogP contribution in [0.4, 0.5) is 5.69 Å². The summed E-state index contributed by atoms with van der Waals surface area (Å²) < 4.78 is 0. The molecular weight excluding hydrogens is 639 g/mol. The van der Waals surface area contributed by atoms with Gasteiger partial charge in [-0.1, -0.05) is 53.5 Å². The maximum absolute atomic E-state index is 13.6. The molecule has 2 N–H and O–H groups in total. The number of amides is 2. The Morgan fingerprint density at radius 1 is 1.00 bits per heavy atom. The Kier molecular flexibility index (Phi) is 10.1. The minimum atomic E-state index is -0.149. The molecule has 0 aliphatic carbocycles. The first-order valence-corrected chi connectivity index (χ1v) is 16.1. The summed E-state index contributed by atoms with van der Waals surface area (Å²) in [6.45, 7) is 11.9. The predicted octanol–water partition coefficient (Wildman–Crippen LogP) is 6.39. The lowest BCUT2D eigenvalue weighted by Gasteiger charge is -2.48. The van der Waals surface area contributed by atoms with Crippen LogP contribution in [0.2, 0.25) is 15.1 Å². The molecule has 44 heavy (non-hydrogen) atoms. The van der Waals surface area contributed by atoms with Gasteiger partial charge in [-0.3, -0.25) is 19.5 Å². The Morgan fingerprint density at radius 3 is 2.27 bits per heavy atom. The Hall–Kier alpha value is -3.18. The van der Waals surface area contributed by atoms with Crippen molar-refractivity contribution in [2.45, 2.75) is 19.9 Å². The average molecular weight is 672 g/mol. The fourth-order valence-corrected chi connectivity index (χ4v) is 6.67. The van der Waals surface area contributed by atoms with Gasteiger partial charge in [0.1, 0.15) is 0 Å². The lowest BCUT2D eigenvalue weighted by atomic mass is 9.97. The van der Waals surface area contributed by atoms with Gasteiger partial charge in [-0.25, -0.2) is 10.8 Å². The molecule has 1 aromatic heterocycles. The van der Waals surface area contributed by atoms with Gasteiger partial charge in [0, 0.05) is 72.5 Å². The third-order valence-corrected chi connectivity index (χ3v) is 9.54. The summed E-state index contributed by atoms with van der Waals surface area (Å²) in [7, 11) is 0. The first-order valence-electron chi connectivity index (χ1n) is 14.1. The van der Waals surface area contributed by atoms with Gasteiger partial charge in [0.05, 0.1) is 16.4 Å². The van der Waals surface area contributed by atoms with E-state index in [2.05, 4.69) is 16.5 Å². The molecule has 2 aromatic carbocycles. The van der Waals surface area contributed by atoms with Gasteiger partial charge < -0.3 is 9.80 Å². The highest BCUT2D eigenvalue weighted by atomic mass is 35.5. The molecule has 2 aliphatic heterocycles. The van der Waals surface area contributed by atoms with Gasteiger partial charge in [0.15, 0.2) is 5.01 Å². The molecule has 0 bridgehead atoms. The zero-order valence-corrected chi connectivity index (χ0v) is 27.6. The molecule has 0 atom stereocenters. The molecule has 2 aliphatic rings. The van der Waals surface area contributed by atoms with E-state index < -0.39 is 0 Å². The van der Waals surface area contributed by atoms with Gasteiger partial charge in [-0.15, -0.1) is 11.3 Å². The van der Waals surface area contributed by atoms with Crippen molar-refractivity contribution in [2.75, 3.05) is 44.3 Å². The van der Waals surface area contributed by atoms with E-state index in [4.69, 9.17) is 40.6 Å². The van der Waals surface area contributed by atoms with Gasteiger partial charge in [-0.2, -0.15) is 0 Å². The monoisotopic (exact) mass is 670 g/mol. The quantitative estimate of drug-likeness (QED) is 0.129. The van der Waals surface area contributed by atoms with Crippen LogP contribution in [-0.4, -0.2) is 76.8 Å². The summed E-state index contributed by atoms with van der Waals surface area (Å²) >= 11 is 20.1. The molecule has 0 saturated carbocycles. The lowest BCUT2D eigenvalue weighted by Crippen LogP contribution is -2.64. The molecule has 2 amide bonds. The predicted molar refractivity (Wildman–Crippen MR) is 180 cm³/mol. The number of aromatic nitrogens is 1. The van der Waals surface area contributed by atoms with E-state index in [1.807, 2.05) is 54.5 Å². The second-order valence-electron chi connectivity index (χ2n) is 10.8. The van der Waals surface area contributed by atoms with Crippen molar-refractivity contribution in [3.8, 4) is 0 Å². The Labute approximate surface area is 276 Å². The Morgan fingerprint density at radius 2 is 1.66 bits per heavy atom. The molecule has 0 spiro atoms. The molecule has 230 valence electrons. The fourth-order valence-electron chi connectivity index (χ4n) is 5.44. The molecule has 2 fully saturated rings. The normalized spacial score (nSPS) is 16.8. The second-order valence-corrected chi connectivity index (χ2v) is 13.0. The fraction of sp³-hybridized carbons (Fsp3) is 0.281. The van der Waals surface area contributed by atoms with Crippen molar-refractivity contribution in [3.05, 3.63) is 109 Å². The smallest absolute Gasteiger partial charge is 0.282 e. The summed E-state index contributed by atoms with van der Waals surface area (Å²) in [4.78, 5) is 36.4. The second kappa shape index (κ2) is 13.9. The summed E-state index contributed by atoms with van der Waals surface area (Å²) in [5.41, 5.74) is 3.83. The molecular formula is C32H33Cl3N6O2S. The number of rotatable bonds is 8. The number of halogens is 3. The maximum Gasteiger partial charge on any atom is 0.282 e. The van der Waals surface area contributed by atoms with Crippen LogP contribution >= 0.6 is 46.1 Å². The number of carbonyl (C=O) groups is 2. The van der Waals surface area contributed by atoms with E-state index in [1.54, 1.807) is 29.3 Å². The highest BCUT2D eigenvalue weighted by Crippen LogP contribution is 2.34. The number of hydrazine groups is 1. The number of carbonyl (C=O) groups excluding carboxylic acids is 2. The summed E-state index contributed by atoms with van der Waals surface area (Å²) in [5, 5.41) is 5.31. The molecule has 3 heterocycles. The number of piperazine rings is 1. The number of thiazole rings is 1. The molecule has 0 unspecified atom stereocenters. The standard InChI is InChI=1S/C32H33Cl3N6O2S/c1-20(16-23-4-6-24(33)7-5-23)29(41(36)28-9-8-25(34)17-27(28)35)21(2)22(3)31(42)40-18-26(19-40)38-11-13-39(14-12-38)32(43)30-37-10-15-44-30/h4-10,15-17,26H,3,11-14,18-19,36H2,1-2H3/b20-16+,29-21-. The summed E-state index contributed by atoms with van der Waals surface area (Å²) in [6, 6.07) is 12.7. The van der Waals surface area contributed by atoms with Crippen molar-refractivity contribution in [2.24, 2.45) is 5.84 Å². The highest BCUT2D eigenvalue weighted by Gasteiger charge is 2.38. The van der Waals surface area contributed by atoms with Crippen LogP contribution in [0.25, 0.3) is 6.08 Å². The largest absolute Gasteiger partial charge is 0.335 e. The van der Waals surface area contributed by atoms with E-state index >= 15 is 0 Å². The molecule has 8 nitrogen and oxygen atoms in total. The van der Waals surface area contributed by atoms with Crippen molar-refractivity contribution >= 4 is 69.7 Å². The molecule has 0 radical (unpaired) electrons. The minimum Gasteiger partial charge on any atom is -0.335 e.